The van der Waals surface area contributed by atoms with Gasteiger partial charge in [0.2, 0.25) is 0 Å². The van der Waals surface area contributed by atoms with E-state index in [1.807, 2.05) is 32.9 Å². The monoisotopic (exact) mass is 308 g/mol. The van der Waals surface area contributed by atoms with Crippen LogP contribution < -0.4 is 4.74 Å². The van der Waals surface area contributed by atoms with Gasteiger partial charge in [0.1, 0.15) is 23.8 Å². The molecule has 0 spiro atoms. The third kappa shape index (κ3) is 2.00. The van der Waals surface area contributed by atoms with Crippen molar-refractivity contribution in [3.05, 3.63) is 70.2 Å². The maximum Gasteiger partial charge on any atom is 0.140 e. The van der Waals surface area contributed by atoms with E-state index in [-0.39, 0.29) is 5.82 Å². The molecule has 4 rings (SSSR count). The van der Waals surface area contributed by atoms with Gasteiger partial charge in [-0.25, -0.2) is 4.39 Å². The molecular weight excluding hydrogens is 291 g/mol. The van der Waals surface area contributed by atoms with E-state index in [9.17, 15) is 4.39 Å². The molecule has 3 aromatic rings. The molecule has 0 amide bonds. The third-order valence-electron chi connectivity index (χ3n) is 4.51. The summed E-state index contributed by atoms with van der Waals surface area (Å²) >= 11 is 0. The van der Waals surface area contributed by atoms with E-state index in [1.165, 1.54) is 6.07 Å². The smallest absolute Gasteiger partial charge is 0.140 e. The van der Waals surface area contributed by atoms with Crippen LogP contribution in [0.1, 0.15) is 29.2 Å². The summed E-state index contributed by atoms with van der Waals surface area (Å²) in [6, 6.07) is 8.96. The molecule has 2 heterocycles. The van der Waals surface area contributed by atoms with Gasteiger partial charge in [0.05, 0.1) is 6.26 Å². The van der Waals surface area contributed by atoms with Gasteiger partial charge in [-0.05, 0) is 49.6 Å². The van der Waals surface area contributed by atoms with Gasteiger partial charge in [-0.2, -0.15) is 0 Å². The summed E-state index contributed by atoms with van der Waals surface area (Å²) in [7, 11) is 0. The van der Waals surface area contributed by atoms with Crippen molar-refractivity contribution in [3.63, 3.8) is 0 Å². The van der Waals surface area contributed by atoms with Crippen molar-refractivity contribution in [1.82, 2.24) is 0 Å². The molecule has 2 nitrogen and oxygen atoms in total. The molecule has 0 aliphatic carbocycles. The Bertz CT molecular complexity index is 963. The van der Waals surface area contributed by atoms with Crippen molar-refractivity contribution in [2.75, 3.05) is 6.61 Å². The molecule has 0 saturated carbocycles. The van der Waals surface area contributed by atoms with Crippen molar-refractivity contribution in [3.8, 4) is 5.75 Å². The van der Waals surface area contributed by atoms with Crippen LogP contribution in [-0.2, 0) is 0 Å². The number of aryl methyl sites for hydroxylation is 2. The zero-order valence-electron chi connectivity index (χ0n) is 13.4. The summed E-state index contributed by atoms with van der Waals surface area (Å²) in [6.45, 7) is 6.46. The number of hydrogen-bond acceptors (Lipinski definition) is 2. The Kier molecular flexibility index (Phi) is 3.05. The van der Waals surface area contributed by atoms with Gasteiger partial charge in [0, 0.05) is 22.1 Å². The fourth-order valence-electron chi connectivity index (χ4n) is 3.33. The average molecular weight is 308 g/mol. The van der Waals surface area contributed by atoms with Crippen LogP contribution in [0.5, 0.6) is 5.75 Å². The van der Waals surface area contributed by atoms with Crippen LogP contribution in [0.15, 0.2) is 46.6 Å². The minimum atomic E-state index is -0.212. The zero-order valence-corrected chi connectivity index (χ0v) is 13.4. The first kappa shape index (κ1) is 14.1. The first-order valence-corrected chi connectivity index (χ1v) is 7.67. The molecule has 0 atom stereocenters. The lowest BCUT2D eigenvalue weighted by atomic mass is 9.88. The van der Waals surface area contributed by atoms with E-state index in [0.717, 1.165) is 44.6 Å². The summed E-state index contributed by atoms with van der Waals surface area (Å²) in [5.74, 6) is 0.576. The van der Waals surface area contributed by atoms with Gasteiger partial charge < -0.3 is 9.15 Å². The second-order valence-corrected chi connectivity index (χ2v) is 6.10. The Labute approximate surface area is 134 Å². The number of hydrogen-bond donors (Lipinski definition) is 0. The predicted molar refractivity (Wildman–Crippen MR) is 89.3 cm³/mol. The molecule has 0 unspecified atom stereocenters. The van der Waals surface area contributed by atoms with Crippen LogP contribution in [0.25, 0.3) is 16.5 Å². The number of benzene rings is 2. The molecule has 0 bridgehead atoms. The predicted octanol–water partition coefficient (Wildman–Crippen LogP) is 5.40. The molecule has 0 fully saturated rings. The average Bonchev–Trinajstić information content (AvgIpc) is 2.90. The van der Waals surface area contributed by atoms with E-state index in [4.69, 9.17) is 9.15 Å². The second-order valence-electron chi connectivity index (χ2n) is 6.10. The van der Waals surface area contributed by atoms with Gasteiger partial charge in [0.25, 0.3) is 0 Å². The SMILES string of the molecule is CC1=C(c2ccccc2F)c2cc3c(C)coc3c(C)c2OC1. The molecule has 3 heteroatoms. The molecule has 0 radical (unpaired) electrons. The van der Waals surface area contributed by atoms with Crippen LogP contribution in [0, 0.1) is 19.7 Å². The maximum absolute atomic E-state index is 14.4. The summed E-state index contributed by atoms with van der Waals surface area (Å²) < 4.78 is 26.0. The van der Waals surface area contributed by atoms with Gasteiger partial charge in [-0.15, -0.1) is 0 Å². The first-order valence-electron chi connectivity index (χ1n) is 7.67. The third-order valence-corrected chi connectivity index (χ3v) is 4.51. The Morgan fingerprint density at radius 2 is 1.83 bits per heavy atom. The largest absolute Gasteiger partial charge is 0.488 e. The van der Waals surface area contributed by atoms with Gasteiger partial charge >= 0.3 is 0 Å². The van der Waals surface area contributed by atoms with E-state index in [2.05, 4.69) is 6.07 Å². The summed E-state index contributed by atoms with van der Waals surface area (Å²) in [5.41, 5.74) is 6.39. The Balaban J connectivity index is 2.07. The molecule has 2 aromatic carbocycles. The van der Waals surface area contributed by atoms with Gasteiger partial charge in [-0.3, -0.25) is 0 Å². The fourth-order valence-corrected chi connectivity index (χ4v) is 3.33. The molecular formula is C20H17FO2. The standard InChI is InChI=1S/C20H17FO2/c1-11-9-22-19-13(3)20-16(8-15(11)19)18(12(2)10-23-20)14-6-4-5-7-17(14)21/h4-9H,10H2,1-3H3. The zero-order chi connectivity index (χ0) is 16.1. The lowest BCUT2D eigenvalue weighted by molar-refractivity contribution is 0.343. The van der Waals surface area contributed by atoms with Crippen LogP contribution in [0.4, 0.5) is 4.39 Å². The highest BCUT2D eigenvalue weighted by Crippen LogP contribution is 2.43. The highest BCUT2D eigenvalue weighted by atomic mass is 19.1. The number of fused-ring (bicyclic) bond motifs is 2. The molecule has 1 aromatic heterocycles. The molecule has 1 aliphatic heterocycles. The summed E-state index contributed by atoms with van der Waals surface area (Å²) in [6.07, 6.45) is 1.75. The molecule has 23 heavy (non-hydrogen) atoms. The minimum absolute atomic E-state index is 0.212. The van der Waals surface area contributed by atoms with Crippen LogP contribution in [-0.4, -0.2) is 6.61 Å². The van der Waals surface area contributed by atoms with Crippen molar-refractivity contribution in [1.29, 1.82) is 0 Å². The molecule has 1 aliphatic rings. The second kappa shape index (κ2) is 4.98. The van der Waals surface area contributed by atoms with Crippen LogP contribution in [0.3, 0.4) is 0 Å². The highest BCUT2D eigenvalue weighted by molar-refractivity contribution is 5.95. The molecule has 0 saturated heterocycles. The molecule has 0 N–H and O–H groups in total. The quantitative estimate of drug-likeness (QED) is 0.600. The van der Waals surface area contributed by atoms with Gasteiger partial charge in [-0.1, -0.05) is 18.2 Å². The number of halogens is 1. The van der Waals surface area contributed by atoms with Crippen LogP contribution in [0.2, 0.25) is 0 Å². The summed E-state index contributed by atoms with van der Waals surface area (Å²) in [4.78, 5) is 0. The van der Waals surface area contributed by atoms with Crippen LogP contribution >= 0.6 is 0 Å². The van der Waals surface area contributed by atoms with E-state index in [0.29, 0.717) is 12.2 Å². The maximum atomic E-state index is 14.4. The Morgan fingerprint density at radius 1 is 1.04 bits per heavy atom. The number of furan rings is 1. The number of ether oxygens (including phenoxy) is 1. The lowest BCUT2D eigenvalue weighted by Gasteiger charge is -2.24. The van der Waals surface area contributed by atoms with E-state index >= 15 is 0 Å². The van der Waals surface area contributed by atoms with Gasteiger partial charge in [0.15, 0.2) is 0 Å². The number of rotatable bonds is 1. The van der Waals surface area contributed by atoms with Crippen molar-refractivity contribution >= 4 is 16.5 Å². The normalized spacial score (nSPS) is 14.1. The summed E-state index contributed by atoms with van der Waals surface area (Å²) in [5, 5.41) is 1.05. The van der Waals surface area contributed by atoms with E-state index < -0.39 is 0 Å². The fraction of sp³-hybridized carbons (Fsp3) is 0.200. The van der Waals surface area contributed by atoms with Crippen molar-refractivity contribution < 1.29 is 13.5 Å². The van der Waals surface area contributed by atoms with Crippen molar-refractivity contribution in [2.45, 2.75) is 20.8 Å². The Morgan fingerprint density at radius 3 is 2.61 bits per heavy atom. The highest BCUT2D eigenvalue weighted by Gasteiger charge is 2.25. The van der Waals surface area contributed by atoms with Crippen molar-refractivity contribution in [2.24, 2.45) is 0 Å². The molecule has 116 valence electrons. The first-order chi connectivity index (χ1) is 11.1. The van der Waals surface area contributed by atoms with E-state index in [1.54, 1.807) is 12.3 Å². The minimum Gasteiger partial charge on any atom is -0.488 e. The topological polar surface area (TPSA) is 22.4 Å². The lowest BCUT2D eigenvalue weighted by Crippen LogP contribution is -2.12. The Hall–Kier alpha value is -2.55.